The lowest BCUT2D eigenvalue weighted by Crippen LogP contribution is -2.50. The average molecular weight is 573 g/mol. The van der Waals surface area contributed by atoms with E-state index in [1.54, 1.807) is 27.7 Å². The van der Waals surface area contributed by atoms with Crippen LogP contribution in [0.1, 0.15) is 40.5 Å². The second-order valence-electron chi connectivity index (χ2n) is 7.97. The molecule has 0 aliphatic carbocycles. The number of amides is 2. The van der Waals surface area contributed by atoms with Crippen molar-refractivity contribution in [2.45, 2.75) is 69.3 Å². The Hall–Kier alpha value is -2.03. The highest BCUT2D eigenvalue weighted by Gasteiger charge is 2.28. The second kappa shape index (κ2) is 16.0. The molecule has 0 aliphatic heterocycles. The minimum absolute atomic E-state index is 0.0194. The summed E-state index contributed by atoms with van der Waals surface area (Å²) in [5.74, 6) is -11.0. The molecule has 0 aromatic heterocycles. The fourth-order valence-electron chi connectivity index (χ4n) is 3.07. The molecule has 210 valence electrons. The molecule has 14 heteroatoms. The standard InChI is InChI=1S/C23H32F4N2O6S2/c1-5-33-11(3)20(36)22(31)28-10-13(29-23(32)21(37)12(4)34-6-2)7-8-16(30)35-19-17(26)14(24)9-15(25)18(19)27/h9,11-13,20-21,36-37H,5-8,10H2,1-4H3,(H,28,31)(H,29,32). The second-order valence-corrected chi connectivity index (χ2v) is 9.08. The highest BCUT2D eigenvalue weighted by molar-refractivity contribution is 7.82. The number of hydrogen-bond donors (Lipinski definition) is 4. The van der Waals surface area contributed by atoms with E-state index >= 15 is 0 Å². The summed E-state index contributed by atoms with van der Waals surface area (Å²) in [5, 5.41) is 3.49. The van der Waals surface area contributed by atoms with Gasteiger partial charge in [-0.3, -0.25) is 14.4 Å². The summed E-state index contributed by atoms with van der Waals surface area (Å²) in [7, 11) is 0. The number of ether oxygens (including phenoxy) is 3. The van der Waals surface area contributed by atoms with Gasteiger partial charge in [-0.1, -0.05) is 0 Å². The number of thiol groups is 2. The highest BCUT2D eigenvalue weighted by Crippen LogP contribution is 2.27. The Morgan fingerprint density at radius 1 is 0.892 bits per heavy atom. The van der Waals surface area contributed by atoms with Crippen molar-refractivity contribution >= 4 is 43.0 Å². The Morgan fingerprint density at radius 2 is 1.38 bits per heavy atom. The topological polar surface area (TPSA) is 103 Å². The Kier molecular flexibility index (Phi) is 14.3. The first-order valence-electron chi connectivity index (χ1n) is 11.5. The van der Waals surface area contributed by atoms with Crippen molar-refractivity contribution in [3.05, 3.63) is 29.3 Å². The normalized spacial score (nSPS) is 15.3. The van der Waals surface area contributed by atoms with E-state index in [0.29, 0.717) is 13.2 Å². The van der Waals surface area contributed by atoms with Gasteiger partial charge in [-0.15, -0.1) is 0 Å². The summed E-state index contributed by atoms with van der Waals surface area (Å²) in [4.78, 5) is 37.3. The van der Waals surface area contributed by atoms with Crippen molar-refractivity contribution in [1.82, 2.24) is 10.6 Å². The molecule has 0 saturated heterocycles. The predicted molar refractivity (Wildman–Crippen MR) is 134 cm³/mol. The summed E-state index contributed by atoms with van der Waals surface area (Å²) in [5.41, 5.74) is 0. The van der Waals surface area contributed by atoms with Crippen molar-refractivity contribution in [2.24, 2.45) is 0 Å². The molecular formula is C23H32F4N2O6S2. The van der Waals surface area contributed by atoms with Crippen molar-refractivity contribution in [3.63, 3.8) is 0 Å². The van der Waals surface area contributed by atoms with Gasteiger partial charge in [0.05, 0.1) is 12.2 Å². The maximum Gasteiger partial charge on any atom is 0.311 e. The molecule has 0 heterocycles. The van der Waals surface area contributed by atoms with E-state index in [0.717, 1.165) is 0 Å². The van der Waals surface area contributed by atoms with Gasteiger partial charge in [0.1, 0.15) is 10.5 Å². The molecule has 0 bridgehead atoms. The van der Waals surface area contributed by atoms with Gasteiger partial charge < -0.3 is 24.8 Å². The van der Waals surface area contributed by atoms with Crippen LogP contribution in [0.25, 0.3) is 0 Å². The minimum atomic E-state index is -1.87. The lowest BCUT2D eigenvalue weighted by molar-refractivity contribution is -0.135. The molecule has 1 aromatic carbocycles. The van der Waals surface area contributed by atoms with E-state index < -0.39 is 82.0 Å². The van der Waals surface area contributed by atoms with Gasteiger partial charge in [-0.25, -0.2) is 8.78 Å². The number of nitrogens with one attached hydrogen (secondary N) is 2. The molecule has 2 amide bonds. The Bertz CT molecular complexity index is 917. The molecule has 0 aliphatic rings. The molecule has 37 heavy (non-hydrogen) atoms. The van der Waals surface area contributed by atoms with Crippen molar-refractivity contribution in [1.29, 1.82) is 0 Å². The molecule has 0 radical (unpaired) electrons. The molecule has 0 fully saturated rings. The number of hydrogen-bond acceptors (Lipinski definition) is 8. The molecule has 0 spiro atoms. The zero-order chi connectivity index (χ0) is 28.3. The van der Waals surface area contributed by atoms with E-state index in [1.807, 2.05) is 0 Å². The van der Waals surface area contributed by atoms with E-state index in [2.05, 4.69) is 40.6 Å². The largest absolute Gasteiger partial charge is 0.420 e. The van der Waals surface area contributed by atoms with E-state index in [4.69, 9.17) is 9.47 Å². The van der Waals surface area contributed by atoms with Gasteiger partial charge in [-0.05, 0) is 34.1 Å². The number of benzene rings is 1. The third kappa shape index (κ3) is 10.3. The van der Waals surface area contributed by atoms with Gasteiger partial charge in [0.15, 0.2) is 11.6 Å². The Morgan fingerprint density at radius 3 is 1.86 bits per heavy atom. The fourth-order valence-corrected chi connectivity index (χ4v) is 3.41. The highest BCUT2D eigenvalue weighted by atomic mass is 32.1. The third-order valence-corrected chi connectivity index (χ3v) is 6.45. The molecule has 2 N–H and O–H groups in total. The van der Waals surface area contributed by atoms with Crippen LogP contribution in [-0.2, 0) is 23.9 Å². The summed E-state index contributed by atoms with van der Waals surface area (Å²) >= 11 is 8.46. The first-order chi connectivity index (χ1) is 17.3. The van der Waals surface area contributed by atoms with E-state index in [1.165, 1.54) is 0 Å². The monoisotopic (exact) mass is 572 g/mol. The summed E-state index contributed by atoms with van der Waals surface area (Å²) in [6.45, 7) is 7.34. The van der Waals surface area contributed by atoms with Gasteiger partial charge in [0, 0.05) is 38.3 Å². The first kappa shape index (κ1) is 33.0. The molecular weight excluding hydrogens is 540 g/mol. The molecule has 1 rings (SSSR count). The van der Waals surface area contributed by atoms with Crippen LogP contribution in [0.15, 0.2) is 6.07 Å². The SMILES string of the molecule is CCOC(C)C(S)C(=O)NCC(CCC(=O)Oc1c(F)c(F)cc(F)c1F)NC(=O)C(S)C(C)OCC. The van der Waals surface area contributed by atoms with E-state index in [-0.39, 0.29) is 19.0 Å². The van der Waals surface area contributed by atoms with Crippen LogP contribution >= 0.6 is 25.3 Å². The Balaban J connectivity index is 2.91. The predicted octanol–water partition coefficient (Wildman–Crippen LogP) is 2.98. The van der Waals surface area contributed by atoms with Crippen LogP contribution in [-0.4, -0.2) is 66.3 Å². The average Bonchev–Trinajstić information content (AvgIpc) is 2.85. The van der Waals surface area contributed by atoms with Crippen molar-refractivity contribution < 1.29 is 46.2 Å². The fraction of sp³-hybridized carbons (Fsp3) is 0.609. The Labute approximate surface area is 224 Å². The summed E-state index contributed by atoms with van der Waals surface area (Å²) in [6, 6.07) is -0.886. The molecule has 1 aromatic rings. The maximum absolute atomic E-state index is 13.8. The number of carbonyl (C=O) groups excluding carboxylic acids is 3. The summed E-state index contributed by atoms with van der Waals surface area (Å²) < 4.78 is 69.6. The number of carbonyl (C=O) groups is 3. The minimum Gasteiger partial charge on any atom is -0.420 e. The number of esters is 1. The molecule has 5 unspecified atom stereocenters. The van der Waals surface area contributed by atoms with Crippen LogP contribution < -0.4 is 15.4 Å². The van der Waals surface area contributed by atoms with E-state index in [9.17, 15) is 31.9 Å². The molecule has 5 atom stereocenters. The van der Waals surface area contributed by atoms with Crippen molar-refractivity contribution in [2.75, 3.05) is 19.8 Å². The number of rotatable bonds is 15. The quantitative estimate of drug-likeness (QED) is 0.0848. The number of halogens is 4. The van der Waals surface area contributed by atoms with Crippen LogP contribution in [0, 0.1) is 23.3 Å². The summed E-state index contributed by atoms with van der Waals surface area (Å²) in [6.07, 6.45) is -1.78. The zero-order valence-corrected chi connectivity index (χ0v) is 22.6. The third-order valence-electron chi connectivity index (χ3n) is 5.14. The van der Waals surface area contributed by atoms with Crippen LogP contribution in [0.2, 0.25) is 0 Å². The van der Waals surface area contributed by atoms with Crippen LogP contribution in [0.5, 0.6) is 5.75 Å². The van der Waals surface area contributed by atoms with Gasteiger partial charge >= 0.3 is 5.97 Å². The molecule has 8 nitrogen and oxygen atoms in total. The van der Waals surface area contributed by atoms with Crippen LogP contribution in [0.3, 0.4) is 0 Å². The lowest BCUT2D eigenvalue weighted by atomic mass is 10.1. The van der Waals surface area contributed by atoms with Gasteiger partial charge in [0.2, 0.25) is 29.2 Å². The van der Waals surface area contributed by atoms with Crippen molar-refractivity contribution in [3.8, 4) is 5.75 Å². The van der Waals surface area contributed by atoms with Gasteiger partial charge in [0.25, 0.3) is 0 Å². The maximum atomic E-state index is 13.8. The zero-order valence-electron chi connectivity index (χ0n) is 20.9. The lowest BCUT2D eigenvalue weighted by Gasteiger charge is -2.25. The van der Waals surface area contributed by atoms with Crippen LogP contribution in [0.4, 0.5) is 17.6 Å². The first-order valence-corrected chi connectivity index (χ1v) is 12.6. The smallest absolute Gasteiger partial charge is 0.311 e. The molecule has 0 saturated carbocycles. The van der Waals surface area contributed by atoms with Gasteiger partial charge in [-0.2, -0.15) is 34.0 Å².